The number of carbonyl (C=O) groups excluding carboxylic acids is 1. The Hall–Kier alpha value is -0.950. The summed E-state index contributed by atoms with van der Waals surface area (Å²) in [4.78, 5) is 14.6. The molecule has 1 fully saturated rings. The van der Waals surface area contributed by atoms with Crippen LogP contribution in [0.1, 0.15) is 19.8 Å². The van der Waals surface area contributed by atoms with Gasteiger partial charge in [-0.3, -0.25) is 4.79 Å². The Morgan fingerprint density at radius 2 is 2.17 bits per heavy atom. The second kappa shape index (κ2) is 10.0. The number of nitrogens with one attached hydrogen (secondary N) is 1. The average Bonchev–Trinajstić information content (AvgIpc) is 2.59. The lowest BCUT2D eigenvalue weighted by Gasteiger charge is -2.30. The minimum Gasteiger partial charge on any atom is -0.380 e. The van der Waals surface area contributed by atoms with Gasteiger partial charge in [0.15, 0.2) is 0 Å². The van der Waals surface area contributed by atoms with Gasteiger partial charge in [-0.05, 0) is 30.7 Å². The molecule has 0 spiro atoms. The normalized spacial score (nSPS) is 17.9. The molecule has 0 bridgehead atoms. The second-order valence-electron chi connectivity index (χ2n) is 5.50. The van der Waals surface area contributed by atoms with Gasteiger partial charge >= 0.3 is 0 Å². The predicted molar refractivity (Wildman–Crippen MR) is 94.8 cm³/mol. The number of unbranched alkanes of at least 4 members (excludes halogenated alkanes) is 1. The molecule has 1 aliphatic rings. The van der Waals surface area contributed by atoms with Crippen molar-refractivity contribution >= 4 is 27.5 Å². The molecule has 1 heterocycles. The maximum Gasteiger partial charge on any atom is 0.257 e. The fourth-order valence-electron chi connectivity index (χ4n) is 2.39. The van der Waals surface area contributed by atoms with E-state index in [-0.39, 0.29) is 5.91 Å². The number of hydrogen-bond acceptors (Lipinski definition) is 4. The molecule has 1 unspecified atom stereocenters. The summed E-state index contributed by atoms with van der Waals surface area (Å²) < 4.78 is 12.2. The van der Waals surface area contributed by atoms with Crippen LogP contribution >= 0.6 is 15.9 Å². The topological polar surface area (TPSA) is 50.8 Å². The molecule has 1 atom stereocenters. The van der Waals surface area contributed by atoms with E-state index in [1.54, 1.807) is 4.90 Å². The minimum atomic E-state index is -0.428. The SMILES string of the molecule is CCCCOCCN(C(=O)C1CNCCO1)c1ccc(Br)cc1. The van der Waals surface area contributed by atoms with Crippen LogP contribution in [0.25, 0.3) is 0 Å². The number of carbonyl (C=O) groups is 1. The van der Waals surface area contributed by atoms with Crippen LogP contribution in [0.15, 0.2) is 28.7 Å². The molecular formula is C17H25BrN2O3. The molecule has 2 rings (SSSR count). The van der Waals surface area contributed by atoms with Gasteiger partial charge in [0, 0.05) is 36.4 Å². The molecule has 5 nitrogen and oxygen atoms in total. The van der Waals surface area contributed by atoms with Crippen molar-refractivity contribution in [3.05, 3.63) is 28.7 Å². The van der Waals surface area contributed by atoms with E-state index in [1.807, 2.05) is 24.3 Å². The summed E-state index contributed by atoms with van der Waals surface area (Å²) in [7, 11) is 0. The summed E-state index contributed by atoms with van der Waals surface area (Å²) in [6.07, 6.45) is 1.72. The highest BCUT2D eigenvalue weighted by Gasteiger charge is 2.27. The van der Waals surface area contributed by atoms with Crippen molar-refractivity contribution in [1.82, 2.24) is 5.32 Å². The lowest BCUT2D eigenvalue weighted by molar-refractivity contribution is -0.131. The molecule has 6 heteroatoms. The second-order valence-corrected chi connectivity index (χ2v) is 6.41. The first-order valence-electron chi connectivity index (χ1n) is 8.19. The number of nitrogens with zero attached hydrogens (tertiary/aromatic N) is 1. The summed E-state index contributed by atoms with van der Waals surface area (Å²) in [5, 5.41) is 3.20. The van der Waals surface area contributed by atoms with Gasteiger partial charge in [-0.1, -0.05) is 29.3 Å². The van der Waals surface area contributed by atoms with Gasteiger partial charge in [0.05, 0.1) is 13.2 Å². The Morgan fingerprint density at radius 3 is 2.83 bits per heavy atom. The smallest absolute Gasteiger partial charge is 0.257 e. The molecule has 1 aromatic carbocycles. The number of ether oxygens (including phenoxy) is 2. The Kier molecular flexibility index (Phi) is 8.02. The van der Waals surface area contributed by atoms with E-state index in [4.69, 9.17) is 9.47 Å². The monoisotopic (exact) mass is 384 g/mol. The molecule has 0 radical (unpaired) electrons. The van der Waals surface area contributed by atoms with Gasteiger partial charge in [0.1, 0.15) is 6.10 Å². The lowest BCUT2D eigenvalue weighted by atomic mass is 10.2. The number of amides is 1. The maximum atomic E-state index is 12.8. The van der Waals surface area contributed by atoms with Crippen molar-refractivity contribution in [3.8, 4) is 0 Å². The number of hydrogen-bond donors (Lipinski definition) is 1. The summed E-state index contributed by atoms with van der Waals surface area (Å²) in [5.41, 5.74) is 0.867. The molecule has 1 saturated heterocycles. The Balaban J connectivity index is 2.00. The number of rotatable bonds is 8. The molecule has 0 saturated carbocycles. The van der Waals surface area contributed by atoms with Gasteiger partial charge in [0.25, 0.3) is 5.91 Å². The van der Waals surface area contributed by atoms with E-state index in [1.165, 1.54) is 0 Å². The highest BCUT2D eigenvalue weighted by molar-refractivity contribution is 9.10. The molecule has 128 valence electrons. The molecule has 0 aromatic heterocycles. The fraction of sp³-hybridized carbons (Fsp3) is 0.588. The van der Waals surface area contributed by atoms with Gasteiger partial charge in [-0.2, -0.15) is 0 Å². The number of anilines is 1. The van der Waals surface area contributed by atoms with E-state index in [9.17, 15) is 4.79 Å². The van der Waals surface area contributed by atoms with Crippen molar-refractivity contribution < 1.29 is 14.3 Å². The third-order valence-electron chi connectivity index (χ3n) is 3.71. The highest BCUT2D eigenvalue weighted by atomic mass is 79.9. The maximum absolute atomic E-state index is 12.8. The van der Waals surface area contributed by atoms with Crippen molar-refractivity contribution in [2.45, 2.75) is 25.9 Å². The Morgan fingerprint density at radius 1 is 1.39 bits per heavy atom. The fourth-order valence-corrected chi connectivity index (χ4v) is 2.65. The van der Waals surface area contributed by atoms with Crippen LogP contribution in [0.3, 0.4) is 0 Å². The number of halogens is 1. The van der Waals surface area contributed by atoms with Crippen LogP contribution in [0.4, 0.5) is 5.69 Å². The minimum absolute atomic E-state index is 0.0152. The number of benzene rings is 1. The largest absolute Gasteiger partial charge is 0.380 e. The quantitative estimate of drug-likeness (QED) is 0.699. The van der Waals surface area contributed by atoms with E-state index < -0.39 is 6.10 Å². The van der Waals surface area contributed by atoms with Crippen LogP contribution in [-0.2, 0) is 14.3 Å². The van der Waals surface area contributed by atoms with E-state index in [2.05, 4.69) is 28.2 Å². The zero-order valence-electron chi connectivity index (χ0n) is 13.6. The molecule has 1 amide bonds. The molecule has 0 aliphatic carbocycles. The molecule has 1 aromatic rings. The lowest BCUT2D eigenvalue weighted by Crippen LogP contribution is -2.50. The Labute approximate surface area is 146 Å². The predicted octanol–water partition coefficient (Wildman–Crippen LogP) is 2.59. The number of morpholine rings is 1. The van der Waals surface area contributed by atoms with Crippen LogP contribution in [-0.4, -0.2) is 51.5 Å². The third kappa shape index (κ3) is 5.88. The summed E-state index contributed by atoms with van der Waals surface area (Å²) in [5.74, 6) is -0.0152. The van der Waals surface area contributed by atoms with E-state index >= 15 is 0 Å². The van der Waals surface area contributed by atoms with E-state index in [0.717, 1.165) is 36.2 Å². The third-order valence-corrected chi connectivity index (χ3v) is 4.24. The average molecular weight is 385 g/mol. The van der Waals surface area contributed by atoms with Crippen molar-refractivity contribution in [2.75, 3.05) is 44.4 Å². The Bertz CT molecular complexity index is 475. The molecule has 23 heavy (non-hydrogen) atoms. The first kappa shape index (κ1) is 18.4. The van der Waals surface area contributed by atoms with Crippen LogP contribution in [0, 0.1) is 0 Å². The summed E-state index contributed by atoms with van der Waals surface area (Å²) in [6, 6.07) is 7.75. The van der Waals surface area contributed by atoms with Gasteiger partial charge in [0.2, 0.25) is 0 Å². The van der Waals surface area contributed by atoms with Gasteiger partial charge in [-0.15, -0.1) is 0 Å². The van der Waals surface area contributed by atoms with E-state index in [0.29, 0.717) is 26.3 Å². The van der Waals surface area contributed by atoms with Crippen molar-refractivity contribution in [3.63, 3.8) is 0 Å². The summed E-state index contributed by atoms with van der Waals surface area (Å²) >= 11 is 3.43. The summed E-state index contributed by atoms with van der Waals surface area (Å²) in [6.45, 7) is 5.85. The first-order chi connectivity index (χ1) is 11.2. The zero-order chi connectivity index (χ0) is 16.5. The van der Waals surface area contributed by atoms with Gasteiger partial charge < -0.3 is 19.7 Å². The van der Waals surface area contributed by atoms with Gasteiger partial charge in [-0.25, -0.2) is 0 Å². The van der Waals surface area contributed by atoms with Crippen LogP contribution in [0.2, 0.25) is 0 Å². The van der Waals surface area contributed by atoms with Crippen molar-refractivity contribution in [2.24, 2.45) is 0 Å². The van der Waals surface area contributed by atoms with Crippen molar-refractivity contribution in [1.29, 1.82) is 0 Å². The first-order valence-corrected chi connectivity index (χ1v) is 8.98. The highest BCUT2D eigenvalue weighted by Crippen LogP contribution is 2.20. The standard InChI is InChI=1S/C17H25BrN2O3/c1-2-3-10-22-12-9-20(15-6-4-14(18)5-7-15)17(21)16-13-19-8-11-23-16/h4-7,16,19H,2-3,8-13H2,1H3. The molecule has 1 aliphatic heterocycles. The molecular weight excluding hydrogens is 360 g/mol. The van der Waals surface area contributed by atoms with Crippen LogP contribution in [0.5, 0.6) is 0 Å². The molecule has 1 N–H and O–H groups in total. The zero-order valence-corrected chi connectivity index (χ0v) is 15.2. The van der Waals surface area contributed by atoms with Crippen LogP contribution < -0.4 is 10.2 Å².